The number of aromatic hydroxyl groups is 1. The average molecular weight is 535 g/mol. The molecular formula is C26H33F3N6O3. The quantitative estimate of drug-likeness (QED) is 0.553. The first-order valence-corrected chi connectivity index (χ1v) is 13.1. The number of aryl methyl sites for hydroxylation is 1. The lowest BCUT2D eigenvalue weighted by Crippen LogP contribution is -2.59. The van der Waals surface area contributed by atoms with Gasteiger partial charge in [-0.05, 0) is 69.0 Å². The number of urea groups is 1. The number of amides is 2. The van der Waals surface area contributed by atoms with Crippen LogP contribution in [0.4, 0.5) is 23.8 Å². The maximum absolute atomic E-state index is 12.9. The highest BCUT2D eigenvalue weighted by Gasteiger charge is 2.35. The predicted molar refractivity (Wildman–Crippen MR) is 135 cm³/mol. The fourth-order valence-electron chi connectivity index (χ4n) is 5.63. The van der Waals surface area contributed by atoms with Gasteiger partial charge in [0.05, 0.1) is 30.5 Å². The molecule has 3 aliphatic rings. The number of phenolic OH excluding ortho intramolecular Hbond substituents is 1. The molecule has 4 heterocycles. The summed E-state index contributed by atoms with van der Waals surface area (Å²) in [5.41, 5.74) is 0.310. The third-order valence-corrected chi connectivity index (χ3v) is 7.75. The Morgan fingerprint density at radius 2 is 1.76 bits per heavy atom. The van der Waals surface area contributed by atoms with Gasteiger partial charge in [0.2, 0.25) is 0 Å². The van der Waals surface area contributed by atoms with Crippen molar-refractivity contribution in [2.45, 2.75) is 57.0 Å². The number of nitrogens with zero attached hydrogens (tertiary/aromatic N) is 5. The number of rotatable bonds is 4. The van der Waals surface area contributed by atoms with Crippen LogP contribution in [0.2, 0.25) is 0 Å². The van der Waals surface area contributed by atoms with E-state index in [1.807, 2.05) is 4.90 Å². The molecule has 0 unspecified atom stereocenters. The van der Waals surface area contributed by atoms with Crippen LogP contribution in [0.3, 0.4) is 0 Å². The largest absolute Gasteiger partial charge is 0.507 e. The maximum atomic E-state index is 12.9. The van der Waals surface area contributed by atoms with Crippen LogP contribution in [0, 0.1) is 6.92 Å². The number of aliphatic hydroxyl groups excluding tert-OH is 1. The molecule has 0 aliphatic carbocycles. The van der Waals surface area contributed by atoms with Gasteiger partial charge < -0.3 is 25.3 Å². The molecule has 2 amide bonds. The van der Waals surface area contributed by atoms with E-state index in [0.717, 1.165) is 44.8 Å². The highest BCUT2D eigenvalue weighted by molar-refractivity contribution is 5.75. The van der Waals surface area contributed by atoms with E-state index in [4.69, 9.17) is 0 Å². The highest BCUT2D eigenvalue weighted by Crippen LogP contribution is 2.37. The van der Waals surface area contributed by atoms with E-state index < -0.39 is 23.6 Å². The van der Waals surface area contributed by atoms with Crippen LogP contribution in [0.1, 0.15) is 36.8 Å². The van der Waals surface area contributed by atoms with E-state index >= 15 is 0 Å². The molecule has 206 valence electrons. The normalized spacial score (nSPS) is 21.9. The maximum Gasteiger partial charge on any atom is 0.416 e. The molecule has 3 aliphatic heterocycles. The molecule has 3 N–H and O–H groups in total. The fraction of sp³-hybridized carbons (Fsp3) is 0.577. The average Bonchev–Trinajstić information content (AvgIpc) is 2.87. The van der Waals surface area contributed by atoms with Crippen LogP contribution in [-0.2, 0) is 6.18 Å². The molecule has 2 aromatic rings. The number of phenols is 1. The second-order valence-corrected chi connectivity index (χ2v) is 10.5. The Hall–Kier alpha value is -3.12. The van der Waals surface area contributed by atoms with Crippen molar-refractivity contribution in [3.8, 4) is 17.0 Å². The molecule has 1 aromatic carbocycles. The molecule has 0 saturated carbocycles. The lowest BCUT2D eigenvalue weighted by Gasteiger charge is -2.45. The minimum absolute atomic E-state index is 0.0222. The summed E-state index contributed by atoms with van der Waals surface area (Å²) in [4.78, 5) is 18.6. The summed E-state index contributed by atoms with van der Waals surface area (Å²) >= 11 is 0. The van der Waals surface area contributed by atoms with E-state index in [2.05, 4.69) is 20.4 Å². The molecule has 0 bridgehead atoms. The number of benzene rings is 1. The lowest BCUT2D eigenvalue weighted by molar-refractivity contribution is -0.137. The standard InChI is InChI=1S/C26H33F3N6O3/c1-16-11-23(31-32-24(16)21-5-4-17(12-22(21)37)26(27,28)29)30-18-3-2-8-34(13-18)19-6-9-33(10-7-19)25(38)35-14-20(36)15-35/h4-5,11-12,18-20,36-37H,2-3,6-10,13-15H2,1H3,(H,30,31)/t18-/m1/s1. The van der Waals surface area contributed by atoms with Gasteiger partial charge in [-0.1, -0.05) is 0 Å². The molecule has 38 heavy (non-hydrogen) atoms. The Morgan fingerprint density at radius 3 is 2.39 bits per heavy atom. The number of β-amino-alcohol motifs (C(OH)–C–C–N with tert-alkyl or cyclic N) is 1. The van der Waals surface area contributed by atoms with Gasteiger partial charge >= 0.3 is 12.2 Å². The molecule has 3 fully saturated rings. The molecule has 1 aromatic heterocycles. The van der Waals surface area contributed by atoms with Gasteiger partial charge in [-0.15, -0.1) is 10.2 Å². The number of aliphatic hydroxyl groups is 1. The van der Waals surface area contributed by atoms with Crippen molar-refractivity contribution >= 4 is 11.8 Å². The van der Waals surface area contributed by atoms with Crippen molar-refractivity contribution in [1.82, 2.24) is 24.9 Å². The summed E-state index contributed by atoms with van der Waals surface area (Å²) in [6.07, 6.45) is -1.08. The summed E-state index contributed by atoms with van der Waals surface area (Å²) in [6, 6.07) is 5.24. The fourth-order valence-corrected chi connectivity index (χ4v) is 5.63. The summed E-state index contributed by atoms with van der Waals surface area (Å²) < 4.78 is 38.8. The predicted octanol–water partition coefficient (Wildman–Crippen LogP) is 3.31. The monoisotopic (exact) mass is 534 g/mol. The molecule has 5 rings (SSSR count). The number of nitrogens with one attached hydrogen (secondary N) is 1. The van der Waals surface area contributed by atoms with Crippen molar-refractivity contribution in [3.05, 3.63) is 35.4 Å². The zero-order valence-electron chi connectivity index (χ0n) is 21.3. The van der Waals surface area contributed by atoms with Gasteiger partial charge in [0, 0.05) is 37.3 Å². The number of carbonyl (C=O) groups excluding carboxylic acids is 1. The molecule has 1 atom stereocenters. The second kappa shape index (κ2) is 10.6. The molecule has 0 radical (unpaired) electrons. The Balaban J connectivity index is 1.17. The van der Waals surface area contributed by atoms with Crippen molar-refractivity contribution in [2.24, 2.45) is 0 Å². The number of hydrogen-bond acceptors (Lipinski definition) is 7. The van der Waals surface area contributed by atoms with E-state index in [9.17, 15) is 28.2 Å². The van der Waals surface area contributed by atoms with Gasteiger partial charge in [0.25, 0.3) is 0 Å². The van der Waals surface area contributed by atoms with Crippen LogP contribution in [0.15, 0.2) is 24.3 Å². The minimum Gasteiger partial charge on any atom is -0.507 e. The van der Waals surface area contributed by atoms with E-state index in [0.29, 0.717) is 55.4 Å². The van der Waals surface area contributed by atoms with E-state index in [1.165, 1.54) is 6.07 Å². The summed E-state index contributed by atoms with van der Waals surface area (Å²) in [5.74, 6) is 0.0951. The third-order valence-electron chi connectivity index (χ3n) is 7.75. The van der Waals surface area contributed by atoms with Gasteiger partial charge in [-0.3, -0.25) is 4.90 Å². The Morgan fingerprint density at radius 1 is 1.03 bits per heavy atom. The topological polar surface area (TPSA) is 105 Å². The van der Waals surface area contributed by atoms with Gasteiger partial charge in [0.1, 0.15) is 11.6 Å². The Kier molecular flexibility index (Phi) is 7.36. The van der Waals surface area contributed by atoms with Crippen molar-refractivity contribution in [3.63, 3.8) is 0 Å². The zero-order chi connectivity index (χ0) is 27.0. The number of alkyl halides is 3. The van der Waals surface area contributed by atoms with Crippen LogP contribution in [-0.4, -0.2) is 98.6 Å². The zero-order valence-corrected chi connectivity index (χ0v) is 21.3. The Bertz CT molecular complexity index is 1170. The van der Waals surface area contributed by atoms with Crippen LogP contribution >= 0.6 is 0 Å². The van der Waals surface area contributed by atoms with Gasteiger partial charge in [-0.2, -0.15) is 13.2 Å². The Labute approximate surface area is 219 Å². The van der Waals surface area contributed by atoms with Crippen LogP contribution in [0.25, 0.3) is 11.3 Å². The smallest absolute Gasteiger partial charge is 0.416 e. The summed E-state index contributed by atoms with van der Waals surface area (Å²) in [6.45, 7) is 5.92. The first-order valence-electron chi connectivity index (χ1n) is 13.1. The second-order valence-electron chi connectivity index (χ2n) is 10.5. The first kappa shape index (κ1) is 26.5. The van der Waals surface area contributed by atoms with Crippen molar-refractivity contribution < 1.29 is 28.2 Å². The first-order chi connectivity index (χ1) is 18.1. The molecular weight excluding hydrogens is 501 g/mol. The van der Waals surface area contributed by atoms with Gasteiger partial charge in [0.15, 0.2) is 0 Å². The SMILES string of the molecule is Cc1cc(N[C@@H]2CCCN(C3CCN(C(=O)N4CC(O)C4)CC3)C2)nnc1-c1ccc(C(F)(F)F)cc1O. The molecule has 0 spiro atoms. The highest BCUT2D eigenvalue weighted by atomic mass is 19.4. The van der Waals surface area contributed by atoms with Crippen LogP contribution < -0.4 is 5.32 Å². The lowest BCUT2D eigenvalue weighted by atomic mass is 9.98. The number of carbonyl (C=O) groups is 1. The number of hydrogen-bond donors (Lipinski definition) is 3. The molecule has 3 saturated heterocycles. The summed E-state index contributed by atoms with van der Waals surface area (Å²) in [5, 5.41) is 31.6. The van der Waals surface area contributed by atoms with Gasteiger partial charge in [-0.25, -0.2) is 4.79 Å². The number of aromatic nitrogens is 2. The van der Waals surface area contributed by atoms with Crippen molar-refractivity contribution in [2.75, 3.05) is 44.6 Å². The summed E-state index contributed by atoms with van der Waals surface area (Å²) in [7, 11) is 0. The number of piperidine rings is 2. The third kappa shape index (κ3) is 5.65. The van der Waals surface area contributed by atoms with E-state index in [1.54, 1.807) is 17.9 Å². The van der Waals surface area contributed by atoms with E-state index in [-0.39, 0.29) is 17.6 Å². The van der Waals surface area contributed by atoms with Crippen molar-refractivity contribution in [1.29, 1.82) is 0 Å². The molecule has 12 heteroatoms. The van der Waals surface area contributed by atoms with Crippen LogP contribution in [0.5, 0.6) is 5.75 Å². The number of halogens is 3. The number of likely N-dealkylation sites (tertiary alicyclic amines) is 3. The molecule has 9 nitrogen and oxygen atoms in total. The number of anilines is 1. The minimum atomic E-state index is -4.54.